The van der Waals surface area contributed by atoms with Gasteiger partial charge >= 0.3 is 5.97 Å². The average Bonchev–Trinajstić information content (AvgIpc) is 2.27. The third-order valence-electron chi connectivity index (χ3n) is 2.75. The van der Waals surface area contributed by atoms with Crippen LogP contribution in [0.15, 0.2) is 22.7 Å². The Morgan fingerprint density at radius 2 is 2.00 bits per heavy atom. The van der Waals surface area contributed by atoms with Gasteiger partial charge < -0.3 is 10.4 Å². The van der Waals surface area contributed by atoms with Crippen molar-refractivity contribution < 1.29 is 19.1 Å². The van der Waals surface area contributed by atoms with Crippen LogP contribution in [0.2, 0.25) is 0 Å². The van der Waals surface area contributed by atoms with Crippen molar-refractivity contribution in [1.82, 2.24) is 5.32 Å². The highest BCUT2D eigenvalue weighted by Crippen LogP contribution is 2.25. The van der Waals surface area contributed by atoms with Crippen LogP contribution in [-0.2, 0) is 16.1 Å². The number of halogens is 2. The summed E-state index contributed by atoms with van der Waals surface area (Å²) in [4.78, 5) is 22.5. The first-order chi connectivity index (χ1) is 9.19. The molecule has 0 bridgehead atoms. The Hall–Kier alpha value is -1.43. The zero-order valence-corrected chi connectivity index (χ0v) is 13.0. The summed E-state index contributed by atoms with van der Waals surface area (Å²) in [6.07, 6.45) is 0.0241. The quantitative estimate of drug-likeness (QED) is 0.832. The minimum absolute atomic E-state index is 0.0793. The van der Waals surface area contributed by atoms with Crippen LogP contribution in [0, 0.1) is 11.2 Å². The van der Waals surface area contributed by atoms with Crippen molar-refractivity contribution in [3.05, 3.63) is 34.1 Å². The average molecular weight is 346 g/mol. The number of rotatable bonds is 6. The van der Waals surface area contributed by atoms with Crippen molar-refractivity contribution in [3.63, 3.8) is 0 Å². The molecular formula is C14H17BrFNO3. The Kier molecular flexibility index (Phi) is 5.68. The Morgan fingerprint density at radius 3 is 2.60 bits per heavy atom. The number of carbonyl (C=O) groups excluding carboxylic acids is 1. The molecule has 0 unspecified atom stereocenters. The van der Waals surface area contributed by atoms with Crippen molar-refractivity contribution in [2.45, 2.75) is 33.2 Å². The molecule has 0 saturated carbocycles. The Bertz CT molecular complexity index is 517. The van der Waals surface area contributed by atoms with Crippen LogP contribution in [0.5, 0.6) is 0 Å². The second-order valence-electron chi connectivity index (χ2n) is 5.42. The molecule has 0 atom stereocenters. The first-order valence-corrected chi connectivity index (χ1v) is 6.91. The Morgan fingerprint density at radius 1 is 1.35 bits per heavy atom. The molecule has 2 N–H and O–H groups in total. The highest BCUT2D eigenvalue weighted by atomic mass is 79.9. The van der Waals surface area contributed by atoms with Crippen LogP contribution >= 0.6 is 15.9 Å². The maximum Gasteiger partial charge on any atom is 0.303 e. The largest absolute Gasteiger partial charge is 0.481 e. The third kappa shape index (κ3) is 5.69. The first-order valence-electron chi connectivity index (χ1n) is 6.12. The van der Waals surface area contributed by atoms with E-state index in [0.29, 0.717) is 10.0 Å². The van der Waals surface area contributed by atoms with E-state index in [2.05, 4.69) is 21.2 Å². The predicted molar refractivity (Wildman–Crippen MR) is 76.6 cm³/mol. The monoisotopic (exact) mass is 345 g/mol. The molecule has 1 aromatic rings. The Labute approximate surface area is 125 Å². The van der Waals surface area contributed by atoms with Gasteiger partial charge in [-0.15, -0.1) is 0 Å². The van der Waals surface area contributed by atoms with E-state index in [-0.39, 0.29) is 31.1 Å². The molecule has 0 aliphatic carbocycles. The predicted octanol–water partition coefficient (Wildman–Crippen LogP) is 3.10. The van der Waals surface area contributed by atoms with Crippen molar-refractivity contribution >= 4 is 27.8 Å². The van der Waals surface area contributed by atoms with Crippen molar-refractivity contribution in [1.29, 1.82) is 0 Å². The molecule has 0 radical (unpaired) electrons. The minimum Gasteiger partial charge on any atom is -0.481 e. The molecule has 0 saturated heterocycles. The number of carbonyl (C=O) groups is 2. The van der Waals surface area contributed by atoms with Crippen LogP contribution in [0.25, 0.3) is 0 Å². The molecular weight excluding hydrogens is 329 g/mol. The topological polar surface area (TPSA) is 66.4 Å². The molecule has 0 aliphatic rings. The van der Waals surface area contributed by atoms with Crippen LogP contribution < -0.4 is 5.32 Å². The molecule has 0 spiro atoms. The van der Waals surface area contributed by atoms with E-state index in [1.165, 1.54) is 12.1 Å². The lowest BCUT2D eigenvalue weighted by Crippen LogP contribution is -2.29. The number of nitrogens with one attached hydrogen (secondary N) is 1. The van der Waals surface area contributed by atoms with Gasteiger partial charge in [0.1, 0.15) is 5.82 Å². The summed E-state index contributed by atoms with van der Waals surface area (Å²) in [6.45, 7) is 3.64. The number of carboxylic acids is 1. The fourth-order valence-electron chi connectivity index (χ4n) is 1.84. The van der Waals surface area contributed by atoms with E-state index >= 15 is 0 Å². The van der Waals surface area contributed by atoms with Crippen LogP contribution in [-0.4, -0.2) is 17.0 Å². The fraction of sp³-hybridized carbons (Fsp3) is 0.429. The number of benzene rings is 1. The number of hydrogen-bond donors (Lipinski definition) is 2. The standard InChI is InChI=1S/C14H17BrFNO3/c1-14(2,7-13(19)20)6-12(18)17-8-9-5-10(16)3-4-11(9)15/h3-5H,6-8H2,1-2H3,(H,17,18)(H,19,20). The molecule has 0 fully saturated rings. The van der Waals surface area contributed by atoms with E-state index < -0.39 is 11.4 Å². The summed E-state index contributed by atoms with van der Waals surface area (Å²) >= 11 is 3.28. The zero-order valence-electron chi connectivity index (χ0n) is 11.4. The summed E-state index contributed by atoms with van der Waals surface area (Å²) in [5, 5.41) is 11.4. The summed E-state index contributed by atoms with van der Waals surface area (Å²) < 4.78 is 13.8. The molecule has 0 aromatic heterocycles. The SMILES string of the molecule is CC(C)(CC(=O)O)CC(=O)NCc1cc(F)ccc1Br. The molecule has 6 heteroatoms. The van der Waals surface area contributed by atoms with Crippen molar-refractivity contribution in [2.75, 3.05) is 0 Å². The molecule has 20 heavy (non-hydrogen) atoms. The molecule has 1 aromatic carbocycles. The Balaban J connectivity index is 2.55. The molecule has 4 nitrogen and oxygen atoms in total. The summed E-state index contributed by atoms with van der Waals surface area (Å²) in [5.74, 6) is -1.56. The maximum atomic E-state index is 13.1. The minimum atomic E-state index is -0.935. The van der Waals surface area contributed by atoms with E-state index in [4.69, 9.17) is 5.11 Å². The van der Waals surface area contributed by atoms with Gasteiger partial charge in [-0.3, -0.25) is 9.59 Å². The summed E-state index contributed by atoms with van der Waals surface area (Å²) in [7, 11) is 0. The normalized spacial score (nSPS) is 11.2. The number of aliphatic carboxylic acids is 1. The lowest BCUT2D eigenvalue weighted by atomic mass is 9.85. The van der Waals surface area contributed by atoms with Gasteiger partial charge in [-0.1, -0.05) is 29.8 Å². The smallest absolute Gasteiger partial charge is 0.303 e. The van der Waals surface area contributed by atoms with Gasteiger partial charge in [0.15, 0.2) is 0 Å². The summed E-state index contributed by atoms with van der Waals surface area (Å²) in [6, 6.07) is 4.24. The molecule has 0 aliphatic heterocycles. The molecule has 110 valence electrons. The highest BCUT2D eigenvalue weighted by molar-refractivity contribution is 9.10. The second-order valence-corrected chi connectivity index (χ2v) is 6.28. The second kappa shape index (κ2) is 6.83. The van der Waals surface area contributed by atoms with Gasteiger partial charge in [0.05, 0.1) is 6.42 Å². The van der Waals surface area contributed by atoms with E-state index in [0.717, 1.165) is 0 Å². The van der Waals surface area contributed by atoms with E-state index in [1.807, 2.05) is 0 Å². The fourth-order valence-corrected chi connectivity index (χ4v) is 2.23. The van der Waals surface area contributed by atoms with Crippen LogP contribution in [0.4, 0.5) is 4.39 Å². The first kappa shape index (κ1) is 16.6. The third-order valence-corrected chi connectivity index (χ3v) is 3.53. The number of hydrogen-bond acceptors (Lipinski definition) is 2. The van der Waals surface area contributed by atoms with Gasteiger partial charge in [0.2, 0.25) is 5.91 Å². The number of amides is 1. The van der Waals surface area contributed by atoms with E-state index in [9.17, 15) is 14.0 Å². The molecule has 1 amide bonds. The lowest BCUT2D eigenvalue weighted by molar-refractivity contribution is -0.139. The van der Waals surface area contributed by atoms with Crippen LogP contribution in [0.3, 0.4) is 0 Å². The van der Waals surface area contributed by atoms with Gasteiger partial charge in [-0.25, -0.2) is 4.39 Å². The van der Waals surface area contributed by atoms with E-state index in [1.54, 1.807) is 19.9 Å². The maximum absolute atomic E-state index is 13.1. The zero-order chi connectivity index (χ0) is 15.3. The van der Waals surface area contributed by atoms with Crippen LogP contribution in [0.1, 0.15) is 32.3 Å². The van der Waals surface area contributed by atoms with Crippen molar-refractivity contribution in [2.24, 2.45) is 5.41 Å². The summed E-state index contributed by atoms with van der Waals surface area (Å²) in [5.41, 5.74) is 0.0177. The van der Waals surface area contributed by atoms with Crippen molar-refractivity contribution in [3.8, 4) is 0 Å². The molecule has 1 rings (SSSR count). The van der Waals surface area contributed by atoms with Gasteiger partial charge in [0.25, 0.3) is 0 Å². The highest BCUT2D eigenvalue weighted by Gasteiger charge is 2.25. The van der Waals surface area contributed by atoms with Gasteiger partial charge in [0, 0.05) is 17.4 Å². The lowest BCUT2D eigenvalue weighted by Gasteiger charge is -2.21. The van der Waals surface area contributed by atoms with Gasteiger partial charge in [-0.05, 0) is 29.2 Å². The van der Waals surface area contributed by atoms with Gasteiger partial charge in [-0.2, -0.15) is 0 Å². The molecule has 0 heterocycles. The number of carboxylic acid groups (broad SMARTS) is 1.